The first-order valence-electron chi connectivity index (χ1n) is 12.5. The Labute approximate surface area is 237 Å². The van der Waals surface area contributed by atoms with E-state index in [-0.39, 0.29) is 17.7 Å². The molecule has 0 radical (unpaired) electrons. The lowest BCUT2D eigenvalue weighted by molar-refractivity contribution is 0.160. The van der Waals surface area contributed by atoms with Crippen molar-refractivity contribution in [2.45, 2.75) is 30.4 Å². The molecule has 0 amide bonds. The molecule has 0 unspecified atom stereocenters. The Kier molecular flexibility index (Phi) is 8.19. The normalized spacial score (nSPS) is 14.9. The number of hydrogen-bond acceptors (Lipinski definition) is 9. The number of aromatic nitrogens is 2. The summed E-state index contributed by atoms with van der Waals surface area (Å²) in [5.41, 5.74) is 2.28. The number of benzene rings is 3. The van der Waals surface area contributed by atoms with Crippen LogP contribution in [0.2, 0.25) is 0 Å². The van der Waals surface area contributed by atoms with Gasteiger partial charge in [0.05, 0.1) is 27.4 Å². The van der Waals surface area contributed by atoms with E-state index in [1.54, 1.807) is 18.2 Å². The molecular formula is C28H29FN4O5S2. The molecule has 1 aliphatic heterocycles. The van der Waals surface area contributed by atoms with Crippen molar-refractivity contribution in [3.8, 4) is 17.2 Å². The third-order valence-corrected chi connectivity index (χ3v) is 9.37. The number of ether oxygens (including phenoxy) is 3. The van der Waals surface area contributed by atoms with E-state index in [0.717, 1.165) is 21.4 Å². The van der Waals surface area contributed by atoms with E-state index in [0.29, 0.717) is 47.9 Å². The highest BCUT2D eigenvalue weighted by atomic mass is 32.2. The van der Waals surface area contributed by atoms with Gasteiger partial charge in [0.2, 0.25) is 5.13 Å². The van der Waals surface area contributed by atoms with Crippen molar-refractivity contribution in [1.82, 2.24) is 14.3 Å². The Bertz CT molecular complexity index is 1570. The number of fused-ring (bicyclic) bond motifs is 1. The van der Waals surface area contributed by atoms with Crippen LogP contribution in [0.5, 0.6) is 17.2 Å². The Morgan fingerprint density at radius 1 is 1.07 bits per heavy atom. The highest BCUT2D eigenvalue weighted by Crippen LogP contribution is 2.40. The molecule has 9 nitrogen and oxygen atoms in total. The SMILES string of the molecule is COc1ccc(CN(c2ncns2)S(=O)(=O)c2cc3c(cc2F)[C@@H](N(C)Cc2ccccc2)CCO3)c(OC)c1. The van der Waals surface area contributed by atoms with E-state index in [1.807, 2.05) is 37.4 Å². The molecule has 5 rings (SSSR count). The lowest BCUT2D eigenvalue weighted by atomic mass is 9.98. The molecule has 2 heterocycles. The first kappa shape index (κ1) is 27.8. The fraction of sp³-hybridized carbons (Fsp3) is 0.286. The summed E-state index contributed by atoms with van der Waals surface area (Å²) in [5.74, 6) is 0.451. The highest BCUT2D eigenvalue weighted by Gasteiger charge is 2.34. The van der Waals surface area contributed by atoms with Gasteiger partial charge in [-0.15, -0.1) is 0 Å². The van der Waals surface area contributed by atoms with Crippen molar-refractivity contribution < 1.29 is 27.0 Å². The van der Waals surface area contributed by atoms with Gasteiger partial charge >= 0.3 is 0 Å². The van der Waals surface area contributed by atoms with Crippen LogP contribution >= 0.6 is 11.5 Å². The monoisotopic (exact) mass is 584 g/mol. The second-order valence-electron chi connectivity index (χ2n) is 9.29. The number of sulfonamides is 1. The zero-order valence-corrected chi connectivity index (χ0v) is 23.9. The average molecular weight is 585 g/mol. The van der Waals surface area contributed by atoms with Crippen LogP contribution in [0.1, 0.15) is 29.2 Å². The first-order chi connectivity index (χ1) is 19.3. The van der Waals surface area contributed by atoms with Crippen LogP contribution in [0.4, 0.5) is 9.52 Å². The van der Waals surface area contributed by atoms with Crippen molar-refractivity contribution in [2.24, 2.45) is 0 Å². The van der Waals surface area contributed by atoms with Crippen LogP contribution in [-0.2, 0) is 23.1 Å². The van der Waals surface area contributed by atoms with Crippen molar-refractivity contribution in [1.29, 1.82) is 0 Å². The molecule has 1 atom stereocenters. The van der Waals surface area contributed by atoms with Crippen LogP contribution in [-0.4, -0.2) is 50.5 Å². The maximum absolute atomic E-state index is 15.8. The van der Waals surface area contributed by atoms with Crippen LogP contribution in [0, 0.1) is 5.82 Å². The van der Waals surface area contributed by atoms with Gasteiger partial charge in [-0.3, -0.25) is 4.90 Å². The number of anilines is 1. The minimum atomic E-state index is -4.43. The summed E-state index contributed by atoms with van der Waals surface area (Å²) >= 11 is 0.893. The number of nitrogens with zero attached hydrogens (tertiary/aromatic N) is 4. The van der Waals surface area contributed by atoms with Gasteiger partial charge < -0.3 is 14.2 Å². The summed E-state index contributed by atoms with van der Waals surface area (Å²) in [4.78, 5) is 5.73. The van der Waals surface area contributed by atoms with E-state index in [9.17, 15) is 8.42 Å². The van der Waals surface area contributed by atoms with Crippen LogP contribution in [0.15, 0.2) is 71.9 Å². The molecule has 0 spiro atoms. The molecule has 0 saturated carbocycles. The zero-order valence-electron chi connectivity index (χ0n) is 22.3. The van der Waals surface area contributed by atoms with E-state index < -0.39 is 20.7 Å². The second kappa shape index (κ2) is 11.8. The molecule has 3 aromatic carbocycles. The lowest BCUT2D eigenvalue weighted by Gasteiger charge is -2.34. The molecule has 210 valence electrons. The van der Waals surface area contributed by atoms with Crippen molar-refractivity contribution in [3.63, 3.8) is 0 Å². The van der Waals surface area contributed by atoms with Gasteiger partial charge in [0.25, 0.3) is 10.0 Å². The Morgan fingerprint density at radius 2 is 1.88 bits per heavy atom. The minimum Gasteiger partial charge on any atom is -0.497 e. The van der Waals surface area contributed by atoms with E-state index in [2.05, 4.69) is 14.3 Å². The van der Waals surface area contributed by atoms with Crippen molar-refractivity contribution in [2.75, 3.05) is 32.2 Å². The first-order valence-corrected chi connectivity index (χ1v) is 14.7. The summed E-state index contributed by atoms with van der Waals surface area (Å²) in [6.45, 7) is 0.872. The molecule has 0 fully saturated rings. The molecule has 4 aromatic rings. The zero-order chi connectivity index (χ0) is 28.3. The topological polar surface area (TPSA) is 94.1 Å². The van der Waals surface area contributed by atoms with Gasteiger partial charge in [0.15, 0.2) is 0 Å². The summed E-state index contributed by atoms with van der Waals surface area (Å²) in [7, 11) is 0.545. The van der Waals surface area contributed by atoms with Crippen molar-refractivity contribution in [3.05, 3.63) is 89.5 Å². The van der Waals surface area contributed by atoms with E-state index in [4.69, 9.17) is 14.2 Å². The number of halogens is 1. The van der Waals surface area contributed by atoms with Gasteiger partial charge in [-0.1, -0.05) is 30.3 Å². The summed E-state index contributed by atoms with van der Waals surface area (Å²) < 4.78 is 65.4. The van der Waals surface area contributed by atoms with Crippen LogP contribution in [0.25, 0.3) is 0 Å². The van der Waals surface area contributed by atoms with Gasteiger partial charge in [-0.05, 0) is 30.8 Å². The lowest BCUT2D eigenvalue weighted by Crippen LogP contribution is -2.32. The average Bonchev–Trinajstić information content (AvgIpc) is 3.50. The fourth-order valence-electron chi connectivity index (χ4n) is 4.80. The third-order valence-electron chi connectivity index (χ3n) is 6.82. The molecule has 0 aliphatic carbocycles. The quantitative estimate of drug-likeness (QED) is 0.256. The Hall–Kier alpha value is -3.74. The van der Waals surface area contributed by atoms with Crippen LogP contribution in [0.3, 0.4) is 0 Å². The number of methoxy groups -OCH3 is 2. The van der Waals surface area contributed by atoms with Crippen LogP contribution < -0.4 is 18.5 Å². The molecule has 1 aromatic heterocycles. The Morgan fingerprint density at radius 3 is 2.58 bits per heavy atom. The number of rotatable bonds is 10. The molecule has 0 N–H and O–H groups in total. The maximum Gasteiger partial charge on any atom is 0.269 e. The predicted octanol–water partition coefficient (Wildman–Crippen LogP) is 5.05. The summed E-state index contributed by atoms with van der Waals surface area (Å²) in [5, 5.41) is 0.0939. The van der Waals surface area contributed by atoms with Crippen molar-refractivity contribution >= 4 is 26.7 Å². The molecule has 0 bridgehead atoms. The third kappa shape index (κ3) is 5.60. The minimum absolute atomic E-state index is 0.0939. The second-order valence-corrected chi connectivity index (χ2v) is 11.9. The molecular weight excluding hydrogens is 555 g/mol. The highest BCUT2D eigenvalue weighted by molar-refractivity contribution is 7.93. The predicted molar refractivity (Wildman–Crippen MR) is 150 cm³/mol. The fourth-order valence-corrected chi connectivity index (χ4v) is 6.99. The summed E-state index contributed by atoms with van der Waals surface area (Å²) in [6, 6.07) is 17.4. The molecule has 12 heteroatoms. The smallest absolute Gasteiger partial charge is 0.269 e. The van der Waals surface area contributed by atoms with E-state index in [1.165, 1.54) is 32.7 Å². The largest absolute Gasteiger partial charge is 0.497 e. The number of hydrogen-bond donors (Lipinski definition) is 0. The van der Waals surface area contributed by atoms with Gasteiger partial charge in [0.1, 0.15) is 34.3 Å². The Balaban J connectivity index is 1.50. The molecule has 40 heavy (non-hydrogen) atoms. The molecule has 0 saturated heterocycles. The molecule has 1 aliphatic rings. The van der Waals surface area contributed by atoms with Gasteiger partial charge in [-0.25, -0.2) is 22.1 Å². The van der Waals surface area contributed by atoms with Gasteiger partial charge in [-0.2, -0.15) is 4.37 Å². The summed E-state index contributed by atoms with van der Waals surface area (Å²) in [6.07, 6.45) is 1.91. The maximum atomic E-state index is 15.8. The standard InChI is InChI=1S/C28H29FN4O5S2/c1-32(16-19-7-5-4-6-8-19)24-11-12-38-26-15-27(23(29)14-22(24)26)40(34,35)33(28-30-18-31-39-28)17-20-9-10-21(36-2)13-25(20)37-3/h4-10,13-15,18,24H,11-12,16-17H2,1-3H3/t24-/m0/s1. The van der Waals surface area contributed by atoms with E-state index >= 15 is 4.39 Å². The van der Waals surface area contributed by atoms with Gasteiger partial charge in [0, 0.05) is 53.8 Å².